The van der Waals surface area contributed by atoms with Crippen LogP contribution in [0.4, 0.5) is 23.7 Å². The number of aryl methyl sites for hydroxylation is 1. The number of carbonyl (C=O) groups is 1. The zero-order valence-electron chi connectivity index (χ0n) is 10.2. The van der Waals surface area contributed by atoms with Crippen LogP contribution >= 0.6 is 0 Å². The third-order valence-corrected chi connectivity index (χ3v) is 2.48. The van der Waals surface area contributed by atoms with Gasteiger partial charge in [-0.15, -0.1) is 0 Å². The lowest BCUT2D eigenvalue weighted by Gasteiger charge is -2.19. The van der Waals surface area contributed by atoms with Gasteiger partial charge in [0.05, 0.1) is 0 Å². The molecule has 0 fully saturated rings. The zero-order valence-corrected chi connectivity index (χ0v) is 10.2. The molecule has 0 aliphatic carbocycles. The second kappa shape index (κ2) is 5.75. The van der Waals surface area contributed by atoms with Crippen molar-refractivity contribution in [2.75, 3.05) is 18.5 Å². The van der Waals surface area contributed by atoms with Crippen molar-refractivity contribution in [3.05, 3.63) is 29.8 Å². The topological polar surface area (TPSA) is 32.3 Å². The zero-order chi connectivity index (χ0) is 13.8. The van der Waals surface area contributed by atoms with Crippen LogP contribution in [0.15, 0.2) is 24.3 Å². The predicted octanol–water partition coefficient (Wildman–Crippen LogP) is 2.96. The number of carbonyl (C=O) groups excluding carboxylic acids is 1. The molecule has 0 aromatic heterocycles. The average molecular weight is 260 g/mol. The van der Waals surface area contributed by atoms with Crippen LogP contribution in [0, 0.1) is 0 Å². The van der Waals surface area contributed by atoms with Crippen molar-refractivity contribution in [3.8, 4) is 0 Å². The molecular weight excluding hydrogens is 245 g/mol. The van der Waals surface area contributed by atoms with Crippen molar-refractivity contribution < 1.29 is 18.0 Å². The Hall–Kier alpha value is -1.72. The van der Waals surface area contributed by atoms with Crippen LogP contribution in [-0.4, -0.2) is 25.8 Å². The van der Waals surface area contributed by atoms with Crippen molar-refractivity contribution in [2.45, 2.75) is 19.5 Å². The van der Waals surface area contributed by atoms with Crippen molar-refractivity contribution in [3.63, 3.8) is 0 Å². The first-order valence-electron chi connectivity index (χ1n) is 5.50. The quantitative estimate of drug-likeness (QED) is 0.890. The van der Waals surface area contributed by atoms with E-state index in [1.165, 1.54) is 7.05 Å². The lowest BCUT2D eigenvalue weighted by molar-refractivity contribution is -0.122. The molecule has 0 aliphatic rings. The molecule has 2 amide bonds. The average Bonchev–Trinajstić information content (AvgIpc) is 2.34. The lowest BCUT2D eigenvalue weighted by Crippen LogP contribution is -2.41. The number of halogens is 3. The summed E-state index contributed by atoms with van der Waals surface area (Å²) in [5, 5.41) is 1.81. The molecule has 18 heavy (non-hydrogen) atoms. The Balaban J connectivity index is 2.62. The highest BCUT2D eigenvalue weighted by molar-refractivity contribution is 5.91. The molecule has 1 rings (SSSR count). The second-order valence-electron chi connectivity index (χ2n) is 3.85. The van der Waals surface area contributed by atoms with Crippen molar-refractivity contribution in [1.82, 2.24) is 5.32 Å². The van der Waals surface area contributed by atoms with Gasteiger partial charge in [-0.05, 0) is 24.1 Å². The highest BCUT2D eigenvalue weighted by Crippen LogP contribution is 2.15. The molecular formula is C12H15F3N2O. The fourth-order valence-corrected chi connectivity index (χ4v) is 1.37. The lowest BCUT2D eigenvalue weighted by atomic mass is 10.1. The fraction of sp³-hybridized carbons (Fsp3) is 0.417. The monoisotopic (exact) mass is 260 g/mol. The number of anilines is 1. The van der Waals surface area contributed by atoms with Gasteiger partial charge in [-0.3, -0.25) is 4.90 Å². The van der Waals surface area contributed by atoms with Crippen molar-refractivity contribution >= 4 is 11.7 Å². The molecule has 6 heteroatoms. The van der Waals surface area contributed by atoms with Gasteiger partial charge in [-0.1, -0.05) is 19.1 Å². The third kappa shape index (κ3) is 4.27. The van der Waals surface area contributed by atoms with Gasteiger partial charge in [-0.2, -0.15) is 13.2 Å². The van der Waals surface area contributed by atoms with Crippen LogP contribution in [0.3, 0.4) is 0 Å². The molecule has 1 N–H and O–H groups in total. The summed E-state index contributed by atoms with van der Waals surface area (Å²) in [7, 11) is 1.42. The van der Waals surface area contributed by atoms with Crippen LogP contribution in [-0.2, 0) is 6.42 Å². The standard InChI is InChI=1S/C12H15F3N2O/c1-3-9-4-6-10(7-5-9)17(2)11(18)16-8-12(13,14)15/h4-7H,3,8H2,1-2H3,(H,16,18). The van der Waals surface area contributed by atoms with Crippen LogP contribution in [0.5, 0.6) is 0 Å². The van der Waals surface area contributed by atoms with Gasteiger partial charge in [-0.25, -0.2) is 4.79 Å². The Morgan fingerprint density at radius 3 is 2.28 bits per heavy atom. The Morgan fingerprint density at radius 1 is 1.28 bits per heavy atom. The number of rotatable bonds is 3. The van der Waals surface area contributed by atoms with E-state index in [1.807, 2.05) is 24.4 Å². The summed E-state index contributed by atoms with van der Waals surface area (Å²) in [4.78, 5) is 12.6. The van der Waals surface area contributed by atoms with Crippen molar-refractivity contribution in [2.24, 2.45) is 0 Å². The summed E-state index contributed by atoms with van der Waals surface area (Å²) in [6, 6.07) is 6.29. The number of alkyl halides is 3. The molecule has 0 atom stereocenters. The van der Waals surface area contributed by atoms with E-state index in [9.17, 15) is 18.0 Å². The summed E-state index contributed by atoms with van der Waals surface area (Å²) in [5.74, 6) is 0. The number of benzene rings is 1. The van der Waals surface area contributed by atoms with Crippen LogP contribution in [0.2, 0.25) is 0 Å². The highest BCUT2D eigenvalue weighted by atomic mass is 19.4. The molecule has 3 nitrogen and oxygen atoms in total. The first-order chi connectivity index (χ1) is 8.33. The maximum absolute atomic E-state index is 11.9. The molecule has 0 heterocycles. The first kappa shape index (κ1) is 14.3. The third-order valence-electron chi connectivity index (χ3n) is 2.48. The first-order valence-corrected chi connectivity index (χ1v) is 5.50. The molecule has 0 bridgehead atoms. The van der Waals surface area contributed by atoms with E-state index in [2.05, 4.69) is 0 Å². The smallest absolute Gasteiger partial charge is 0.329 e. The maximum atomic E-state index is 11.9. The van der Waals surface area contributed by atoms with Crippen LogP contribution < -0.4 is 10.2 Å². The molecule has 0 aliphatic heterocycles. The molecule has 1 aromatic carbocycles. The Labute approximate surface area is 104 Å². The minimum atomic E-state index is -4.40. The maximum Gasteiger partial charge on any atom is 0.405 e. The molecule has 1 aromatic rings. The van der Waals surface area contributed by atoms with E-state index in [0.717, 1.165) is 16.9 Å². The second-order valence-corrected chi connectivity index (χ2v) is 3.85. The summed E-state index contributed by atoms with van der Waals surface area (Å²) < 4.78 is 35.8. The van der Waals surface area contributed by atoms with E-state index in [4.69, 9.17) is 0 Å². The summed E-state index contributed by atoms with van der Waals surface area (Å²) in [5.41, 5.74) is 1.65. The van der Waals surface area contributed by atoms with E-state index in [0.29, 0.717) is 5.69 Å². The van der Waals surface area contributed by atoms with E-state index in [-0.39, 0.29) is 0 Å². The van der Waals surface area contributed by atoms with E-state index in [1.54, 1.807) is 12.1 Å². The minimum Gasteiger partial charge on any atom is -0.329 e. The predicted molar refractivity (Wildman–Crippen MR) is 63.7 cm³/mol. The summed E-state index contributed by atoms with van der Waals surface area (Å²) in [6.45, 7) is 0.665. The normalized spacial score (nSPS) is 11.2. The number of nitrogens with zero attached hydrogens (tertiary/aromatic N) is 1. The molecule has 0 unspecified atom stereocenters. The van der Waals surface area contributed by atoms with Crippen LogP contribution in [0.1, 0.15) is 12.5 Å². The van der Waals surface area contributed by atoms with E-state index >= 15 is 0 Å². The van der Waals surface area contributed by atoms with Crippen molar-refractivity contribution in [1.29, 1.82) is 0 Å². The van der Waals surface area contributed by atoms with E-state index < -0.39 is 18.8 Å². The van der Waals surface area contributed by atoms with Gasteiger partial charge in [0.15, 0.2) is 0 Å². The van der Waals surface area contributed by atoms with Gasteiger partial charge >= 0.3 is 12.2 Å². The fourth-order valence-electron chi connectivity index (χ4n) is 1.37. The molecule has 100 valence electrons. The van der Waals surface area contributed by atoms with Gasteiger partial charge in [0, 0.05) is 12.7 Å². The SMILES string of the molecule is CCc1ccc(N(C)C(=O)NCC(F)(F)F)cc1. The molecule has 0 spiro atoms. The minimum absolute atomic E-state index is 0.548. The Kier molecular flexibility index (Phi) is 4.58. The molecule has 0 radical (unpaired) electrons. The van der Waals surface area contributed by atoms with Crippen LogP contribution in [0.25, 0.3) is 0 Å². The Bertz CT molecular complexity index is 401. The Morgan fingerprint density at radius 2 is 1.83 bits per heavy atom. The van der Waals surface area contributed by atoms with Gasteiger partial charge in [0.1, 0.15) is 6.54 Å². The van der Waals surface area contributed by atoms with Gasteiger partial charge in [0.25, 0.3) is 0 Å². The van der Waals surface area contributed by atoms with Gasteiger partial charge in [0.2, 0.25) is 0 Å². The number of amides is 2. The number of hydrogen-bond acceptors (Lipinski definition) is 1. The summed E-state index contributed by atoms with van der Waals surface area (Å²) >= 11 is 0. The number of urea groups is 1. The number of hydrogen-bond donors (Lipinski definition) is 1. The summed E-state index contributed by atoms with van der Waals surface area (Å²) in [6.07, 6.45) is -3.53. The van der Waals surface area contributed by atoms with Gasteiger partial charge < -0.3 is 5.32 Å². The molecule has 0 saturated heterocycles. The molecule has 0 saturated carbocycles. The number of nitrogens with one attached hydrogen (secondary N) is 1. The largest absolute Gasteiger partial charge is 0.405 e. The highest BCUT2D eigenvalue weighted by Gasteiger charge is 2.28.